The number of aromatic nitrogens is 1. The Labute approximate surface area is 205 Å². The molecular formula is C28H30N4O3. The van der Waals surface area contributed by atoms with E-state index in [1.807, 2.05) is 81.7 Å². The number of fused-ring (bicyclic) bond motifs is 1. The minimum Gasteiger partial charge on any atom is -0.494 e. The summed E-state index contributed by atoms with van der Waals surface area (Å²) in [5.41, 5.74) is 3.99. The molecule has 7 nitrogen and oxygen atoms in total. The van der Waals surface area contributed by atoms with Crippen molar-refractivity contribution in [1.82, 2.24) is 15.2 Å². The molecule has 35 heavy (non-hydrogen) atoms. The maximum atomic E-state index is 12.3. The van der Waals surface area contributed by atoms with Gasteiger partial charge in [-0.3, -0.25) is 4.79 Å². The molecule has 4 rings (SSSR count). The predicted molar refractivity (Wildman–Crippen MR) is 140 cm³/mol. The molecule has 1 aromatic heterocycles. The van der Waals surface area contributed by atoms with Crippen molar-refractivity contribution in [3.05, 3.63) is 89.5 Å². The standard InChI is InChI=1S/C28H30N4O3/c1-4-29-27(33)20-10-15-23-24(18-20)31-28(34)25(23)26(19-8-6-5-7-9-19)30-21-11-13-22(14-12-21)35-17-16-32(2)3/h5-15,18,31,34H,4,16-17H2,1-3H3,(H,29,33). The van der Waals surface area contributed by atoms with Crippen LogP contribution in [0.3, 0.4) is 0 Å². The smallest absolute Gasteiger partial charge is 0.251 e. The van der Waals surface area contributed by atoms with Gasteiger partial charge in [-0.1, -0.05) is 36.4 Å². The van der Waals surface area contributed by atoms with E-state index in [1.54, 1.807) is 12.1 Å². The molecule has 0 aliphatic rings. The third-order valence-corrected chi connectivity index (χ3v) is 5.55. The zero-order chi connectivity index (χ0) is 24.8. The number of aromatic amines is 1. The van der Waals surface area contributed by atoms with E-state index in [4.69, 9.17) is 9.73 Å². The summed E-state index contributed by atoms with van der Waals surface area (Å²) in [6.45, 7) is 3.86. The Morgan fingerprint density at radius 1 is 1.03 bits per heavy atom. The molecule has 0 atom stereocenters. The summed E-state index contributed by atoms with van der Waals surface area (Å²) in [5, 5.41) is 14.5. The van der Waals surface area contributed by atoms with Crippen LogP contribution in [0.25, 0.3) is 10.9 Å². The van der Waals surface area contributed by atoms with Crippen molar-refractivity contribution in [3.8, 4) is 11.6 Å². The molecule has 0 unspecified atom stereocenters. The fourth-order valence-corrected chi connectivity index (χ4v) is 3.78. The van der Waals surface area contributed by atoms with Gasteiger partial charge in [-0.05, 0) is 57.4 Å². The molecule has 3 N–H and O–H groups in total. The minimum absolute atomic E-state index is 0.000656. The average Bonchev–Trinajstić information content (AvgIpc) is 3.18. The highest BCUT2D eigenvalue weighted by Crippen LogP contribution is 2.32. The Morgan fingerprint density at radius 3 is 2.46 bits per heavy atom. The molecule has 0 bridgehead atoms. The van der Waals surface area contributed by atoms with Crippen LogP contribution in [0.5, 0.6) is 11.6 Å². The summed E-state index contributed by atoms with van der Waals surface area (Å²) in [7, 11) is 4.01. The summed E-state index contributed by atoms with van der Waals surface area (Å²) in [6, 6.07) is 22.6. The van der Waals surface area contributed by atoms with Crippen LogP contribution in [0.4, 0.5) is 5.69 Å². The summed E-state index contributed by atoms with van der Waals surface area (Å²) in [6.07, 6.45) is 0. The van der Waals surface area contributed by atoms with E-state index in [-0.39, 0.29) is 11.8 Å². The van der Waals surface area contributed by atoms with Gasteiger partial charge in [-0.2, -0.15) is 0 Å². The number of hydrogen-bond donors (Lipinski definition) is 3. The maximum Gasteiger partial charge on any atom is 0.251 e. The molecule has 0 saturated heterocycles. The number of nitrogens with zero attached hydrogens (tertiary/aromatic N) is 2. The number of nitrogens with one attached hydrogen (secondary N) is 2. The monoisotopic (exact) mass is 470 g/mol. The van der Waals surface area contributed by atoms with Gasteiger partial charge in [0, 0.05) is 35.1 Å². The Kier molecular flexibility index (Phi) is 7.48. The van der Waals surface area contributed by atoms with Gasteiger partial charge in [-0.15, -0.1) is 0 Å². The van der Waals surface area contributed by atoms with Crippen LogP contribution in [0, 0.1) is 0 Å². The molecule has 3 aromatic carbocycles. The first-order valence-corrected chi connectivity index (χ1v) is 11.6. The van der Waals surface area contributed by atoms with E-state index in [2.05, 4.69) is 15.2 Å². The van der Waals surface area contributed by atoms with Gasteiger partial charge >= 0.3 is 0 Å². The average molecular weight is 471 g/mol. The quantitative estimate of drug-likeness (QED) is 0.309. The topological polar surface area (TPSA) is 89.9 Å². The van der Waals surface area contributed by atoms with E-state index in [0.29, 0.717) is 35.5 Å². The van der Waals surface area contributed by atoms with E-state index >= 15 is 0 Å². The van der Waals surface area contributed by atoms with Crippen LogP contribution in [0.1, 0.15) is 28.4 Å². The fraction of sp³-hybridized carbons (Fsp3) is 0.214. The second-order valence-corrected chi connectivity index (χ2v) is 8.44. The Hall–Kier alpha value is -4.10. The van der Waals surface area contributed by atoms with Crippen LogP contribution in [-0.4, -0.2) is 60.4 Å². The number of rotatable bonds is 9. The summed E-state index contributed by atoms with van der Waals surface area (Å²) in [4.78, 5) is 22.3. The number of benzene rings is 3. The van der Waals surface area contributed by atoms with Gasteiger partial charge in [0.25, 0.3) is 5.91 Å². The molecule has 0 aliphatic heterocycles. The second-order valence-electron chi connectivity index (χ2n) is 8.44. The highest BCUT2D eigenvalue weighted by molar-refractivity contribution is 6.22. The zero-order valence-electron chi connectivity index (χ0n) is 20.2. The van der Waals surface area contributed by atoms with E-state index < -0.39 is 0 Å². The predicted octanol–water partition coefficient (Wildman–Crippen LogP) is 4.73. The number of carbonyl (C=O) groups is 1. The van der Waals surface area contributed by atoms with Gasteiger partial charge in [0.1, 0.15) is 12.4 Å². The van der Waals surface area contributed by atoms with Crippen LogP contribution in [0.2, 0.25) is 0 Å². The van der Waals surface area contributed by atoms with Crippen molar-refractivity contribution in [2.24, 2.45) is 4.99 Å². The lowest BCUT2D eigenvalue weighted by atomic mass is 10.00. The lowest BCUT2D eigenvalue weighted by molar-refractivity contribution is 0.0956. The molecule has 0 radical (unpaired) electrons. The normalized spacial score (nSPS) is 11.7. The van der Waals surface area contributed by atoms with Gasteiger partial charge < -0.3 is 25.0 Å². The van der Waals surface area contributed by atoms with Crippen molar-refractivity contribution in [3.63, 3.8) is 0 Å². The Morgan fingerprint density at radius 2 is 1.77 bits per heavy atom. The molecule has 7 heteroatoms. The molecule has 1 heterocycles. The zero-order valence-corrected chi connectivity index (χ0v) is 20.2. The van der Waals surface area contributed by atoms with Crippen molar-refractivity contribution in [2.75, 3.05) is 33.8 Å². The first kappa shape index (κ1) is 24.0. The number of hydrogen-bond acceptors (Lipinski definition) is 5. The molecule has 0 fully saturated rings. The third kappa shape index (κ3) is 5.70. The number of carbonyl (C=O) groups excluding carboxylic acids is 1. The van der Waals surface area contributed by atoms with Gasteiger partial charge in [0.05, 0.1) is 17.0 Å². The van der Waals surface area contributed by atoms with Crippen molar-refractivity contribution in [1.29, 1.82) is 0 Å². The van der Waals surface area contributed by atoms with Crippen molar-refractivity contribution in [2.45, 2.75) is 6.92 Å². The SMILES string of the molecule is CCNC(=O)c1ccc2c(C(=Nc3ccc(OCCN(C)C)cc3)c3ccccc3)c(O)[nH]c2c1. The number of amides is 1. The van der Waals surface area contributed by atoms with Gasteiger partial charge in [0.15, 0.2) is 5.88 Å². The van der Waals surface area contributed by atoms with E-state index in [1.165, 1.54) is 0 Å². The summed E-state index contributed by atoms with van der Waals surface area (Å²) in [5.74, 6) is 0.619. The highest BCUT2D eigenvalue weighted by atomic mass is 16.5. The highest BCUT2D eigenvalue weighted by Gasteiger charge is 2.19. The lowest BCUT2D eigenvalue weighted by Crippen LogP contribution is -2.22. The van der Waals surface area contributed by atoms with Crippen LogP contribution in [-0.2, 0) is 0 Å². The lowest BCUT2D eigenvalue weighted by Gasteiger charge is -2.11. The Balaban J connectivity index is 1.73. The largest absolute Gasteiger partial charge is 0.494 e. The molecule has 0 saturated carbocycles. The molecule has 1 amide bonds. The first-order chi connectivity index (χ1) is 17.0. The van der Waals surface area contributed by atoms with Gasteiger partial charge in [-0.25, -0.2) is 4.99 Å². The number of aromatic hydroxyl groups is 1. The van der Waals surface area contributed by atoms with Crippen LogP contribution < -0.4 is 10.1 Å². The number of H-pyrrole nitrogens is 1. The summed E-state index contributed by atoms with van der Waals surface area (Å²) < 4.78 is 5.79. The molecule has 180 valence electrons. The van der Waals surface area contributed by atoms with Crippen LogP contribution >= 0.6 is 0 Å². The minimum atomic E-state index is -0.158. The Bertz CT molecular complexity index is 1330. The third-order valence-electron chi connectivity index (χ3n) is 5.55. The summed E-state index contributed by atoms with van der Waals surface area (Å²) >= 11 is 0. The van der Waals surface area contributed by atoms with E-state index in [9.17, 15) is 9.90 Å². The van der Waals surface area contributed by atoms with E-state index in [0.717, 1.165) is 28.9 Å². The fourth-order valence-electron chi connectivity index (χ4n) is 3.78. The number of ether oxygens (including phenoxy) is 1. The molecule has 4 aromatic rings. The molecule has 0 spiro atoms. The second kappa shape index (κ2) is 10.9. The first-order valence-electron chi connectivity index (χ1n) is 11.6. The van der Waals surface area contributed by atoms with Crippen molar-refractivity contribution >= 4 is 28.2 Å². The van der Waals surface area contributed by atoms with Crippen LogP contribution in [0.15, 0.2) is 77.8 Å². The van der Waals surface area contributed by atoms with Gasteiger partial charge in [0.2, 0.25) is 0 Å². The molecular weight excluding hydrogens is 440 g/mol. The van der Waals surface area contributed by atoms with Crippen molar-refractivity contribution < 1.29 is 14.6 Å². The number of likely N-dealkylation sites (N-methyl/N-ethyl adjacent to an activating group) is 1. The maximum absolute atomic E-state index is 12.3. The number of aliphatic imine (C=N–C) groups is 1. The molecule has 0 aliphatic carbocycles.